The maximum Gasteiger partial charge on any atom is 0.211 e. The monoisotopic (exact) mass is 294 g/mol. The van der Waals surface area contributed by atoms with Crippen LogP contribution in [0.1, 0.15) is 11.1 Å². The fourth-order valence-electron chi connectivity index (χ4n) is 1.80. The number of aromatic nitrogens is 1. The highest BCUT2D eigenvalue weighted by molar-refractivity contribution is 7.88. The number of sulfonamides is 1. The zero-order valence-electron chi connectivity index (χ0n) is 11.0. The summed E-state index contributed by atoms with van der Waals surface area (Å²) >= 11 is 0. The summed E-state index contributed by atoms with van der Waals surface area (Å²) in [6.07, 6.45) is 4.31. The highest BCUT2D eigenvalue weighted by Crippen LogP contribution is 2.15. The Balaban J connectivity index is 2.24. The summed E-state index contributed by atoms with van der Waals surface area (Å²) in [5.41, 5.74) is 1.16. The van der Waals surface area contributed by atoms with E-state index in [0.29, 0.717) is 5.56 Å². The van der Waals surface area contributed by atoms with E-state index in [9.17, 15) is 12.8 Å². The highest BCUT2D eigenvalue weighted by Gasteiger charge is 2.18. The van der Waals surface area contributed by atoms with E-state index in [0.717, 1.165) is 11.8 Å². The molecule has 0 atom stereocenters. The summed E-state index contributed by atoms with van der Waals surface area (Å²) in [6, 6.07) is 9.64. The van der Waals surface area contributed by atoms with Crippen LogP contribution in [0.25, 0.3) is 0 Å². The lowest BCUT2D eigenvalue weighted by Gasteiger charge is -2.20. The number of hydrogen-bond donors (Lipinski definition) is 0. The summed E-state index contributed by atoms with van der Waals surface area (Å²) in [6.45, 7) is 0.198. The minimum Gasteiger partial charge on any atom is -0.265 e. The Morgan fingerprint density at radius 3 is 2.35 bits per heavy atom. The predicted molar refractivity (Wildman–Crippen MR) is 74.7 cm³/mol. The molecule has 106 valence electrons. The van der Waals surface area contributed by atoms with Gasteiger partial charge in [0.05, 0.1) is 6.26 Å². The van der Waals surface area contributed by atoms with Gasteiger partial charge in [-0.3, -0.25) is 4.98 Å². The normalized spacial score (nSPS) is 11.8. The molecule has 0 unspecified atom stereocenters. The van der Waals surface area contributed by atoms with Gasteiger partial charge in [0.25, 0.3) is 0 Å². The lowest BCUT2D eigenvalue weighted by Crippen LogP contribution is -2.29. The molecular weight excluding hydrogens is 279 g/mol. The third-order valence-electron chi connectivity index (χ3n) is 2.88. The molecule has 0 saturated heterocycles. The van der Waals surface area contributed by atoms with Crippen LogP contribution in [0.15, 0.2) is 48.8 Å². The summed E-state index contributed by atoms with van der Waals surface area (Å²) in [5, 5.41) is 0. The topological polar surface area (TPSA) is 50.3 Å². The Kier molecular flexibility index (Phi) is 4.46. The Morgan fingerprint density at radius 1 is 1.10 bits per heavy atom. The van der Waals surface area contributed by atoms with Crippen LogP contribution in [0.2, 0.25) is 0 Å². The van der Waals surface area contributed by atoms with Crippen LogP contribution in [0.5, 0.6) is 0 Å². The first-order chi connectivity index (χ1) is 9.47. The summed E-state index contributed by atoms with van der Waals surface area (Å²) in [7, 11) is -3.43. The van der Waals surface area contributed by atoms with Crippen molar-refractivity contribution >= 4 is 10.0 Å². The molecular formula is C14H15FN2O2S. The van der Waals surface area contributed by atoms with Crippen molar-refractivity contribution in [1.29, 1.82) is 0 Å². The number of halogens is 1. The second-order valence-electron chi connectivity index (χ2n) is 4.48. The Labute approximate surface area is 117 Å². The Hall–Kier alpha value is -1.79. The molecule has 0 saturated carbocycles. The molecule has 2 rings (SSSR count). The molecule has 4 nitrogen and oxygen atoms in total. The van der Waals surface area contributed by atoms with Gasteiger partial charge in [-0.1, -0.05) is 18.2 Å². The first kappa shape index (κ1) is 14.6. The van der Waals surface area contributed by atoms with E-state index < -0.39 is 15.8 Å². The molecule has 0 spiro atoms. The van der Waals surface area contributed by atoms with Crippen molar-refractivity contribution in [2.75, 3.05) is 6.26 Å². The maximum absolute atomic E-state index is 13.6. The van der Waals surface area contributed by atoms with Crippen LogP contribution in [0.3, 0.4) is 0 Å². The summed E-state index contributed by atoms with van der Waals surface area (Å²) in [4.78, 5) is 3.88. The molecule has 0 aliphatic rings. The van der Waals surface area contributed by atoms with Gasteiger partial charge in [-0.25, -0.2) is 12.8 Å². The largest absolute Gasteiger partial charge is 0.265 e. The van der Waals surface area contributed by atoms with Crippen molar-refractivity contribution in [2.45, 2.75) is 13.1 Å². The third kappa shape index (κ3) is 3.85. The number of hydrogen-bond acceptors (Lipinski definition) is 3. The molecule has 20 heavy (non-hydrogen) atoms. The molecule has 0 N–H and O–H groups in total. The molecule has 0 amide bonds. The van der Waals surface area contributed by atoms with E-state index in [2.05, 4.69) is 4.98 Å². The summed E-state index contributed by atoms with van der Waals surface area (Å²) in [5.74, 6) is -0.407. The molecule has 1 heterocycles. The van der Waals surface area contributed by atoms with Crippen molar-refractivity contribution in [2.24, 2.45) is 0 Å². The molecule has 1 aromatic heterocycles. The van der Waals surface area contributed by atoms with E-state index in [1.54, 1.807) is 42.7 Å². The van der Waals surface area contributed by atoms with E-state index in [1.165, 1.54) is 10.4 Å². The Bertz CT molecular complexity index is 675. The lowest BCUT2D eigenvalue weighted by molar-refractivity contribution is 0.397. The minimum absolute atomic E-state index is 0.00777. The van der Waals surface area contributed by atoms with Crippen molar-refractivity contribution in [3.63, 3.8) is 0 Å². The average molecular weight is 294 g/mol. The molecule has 0 aliphatic carbocycles. The molecule has 6 heteroatoms. The number of nitrogens with zero attached hydrogens (tertiary/aromatic N) is 2. The fourth-order valence-corrected chi connectivity index (χ4v) is 2.56. The van der Waals surface area contributed by atoms with Gasteiger partial charge in [0, 0.05) is 31.0 Å². The standard InChI is InChI=1S/C14H15FN2O2S/c1-20(18,19)17(10-12-6-8-16-9-7-12)11-13-4-2-3-5-14(13)15/h2-9H,10-11H2,1H3. The van der Waals surface area contributed by atoms with Crippen molar-refractivity contribution in [3.8, 4) is 0 Å². The van der Waals surface area contributed by atoms with Crippen LogP contribution >= 0.6 is 0 Å². The van der Waals surface area contributed by atoms with Crippen molar-refractivity contribution in [1.82, 2.24) is 9.29 Å². The zero-order valence-corrected chi connectivity index (χ0v) is 11.8. The summed E-state index contributed by atoms with van der Waals surface area (Å²) < 4.78 is 38.6. The van der Waals surface area contributed by atoms with Gasteiger partial charge in [0.1, 0.15) is 5.82 Å². The Morgan fingerprint density at radius 2 is 1.75 bits per heavy atom. The van der Waals surface area contributed by atoms with Gasteiger partial charge in [-0.05, 0) is 23.8 Å². The minimum atomic E-state index is -3.43. The van der Waals surface area contributed by atoms with Crippen LogP contribution in [0.4, 0.5) is 4.39 Å². The average Bonchev–Trinajstić information content (AvgIpc) is 2.40. The fraction of sp³-hybridized carbons (Fsp3) is 0.214. The van der Waals surface area contributed by atoms with Crippen LogP contribution < -0.4 is 0 Å². The van der Waals surface area contributed by atoms with E-state index >= 15 is 0 Å². The third-order valence-corrected chi connectivity index (χ3v) is 4.08. The second kappa shape index (κ2) is 6.11. The van der Waals surface area contributed by atoms with E-state index in [-0.39, 0.29) is 13.1 Å². The molecule has 0 aliphatic heterocycles. The second-order valence-corrected chi connectivity index (χ2v) is 6.46. The molecule has 0 fully saturated rings. The first-order valence-electron chi connectivity index (χ1n) is 6.04. The zero-order chi connectivity index (χ0) is 14.6. The number of benzene rings is 1. The van der Waals surface area contributed by atoms with Gasteiger partial charge in [-0.2, -0.15) is 4.31 Å². The van der Waals surface area contributed by atoms with Crippen molar-refractivity contribution in [3.05, 3.63) is 65.7 Å². The molecule has 1 aromatic carbocycles. The molecule has 0 radical (unpaired) electrons. The van der Waals surface area contributed by atoms with Gasteiger partial charge in [-0.15, -0.1) is 0 Å². The maximum atomic E-state index is 13.6. The van der Waals surface area contributed by atoms with Gasteiger partial charge in [0.2, 0.25) is 10.0 Å². The van der Waals surface area contributed by atoms with Crippen LogP contribution in [-0.4, -0.2) is 24.0 Å². The molecule has 0 bridgehead atoms. The van der Waals surface area contributed by atoms with Gasteiger partial charge >= 0.3 is 0 Å². The first-order valence-corrected chi connectivity index (χ1v) is 7.89. The van der Waals surface area contributed by atoms with Gasteiger partial charge < -0.3 is 0 Å². The van der Waals surface area contributed by atoms with Crippen LogP contribution in [-0.2, 0) is 23.1 Å². The van der Waals surface area contributed by atoms with E-state index in [4.69, 9.17) is 0 Å². The van der Waals surface area contributed by atoms with Gasteiger partial charge in [0.15, 0.2) is 0 Å². The van der Waals surface area contributed by atoms with Crippen LogP contribution in [0, 0.1) is 5.82 Å². The highest BCUT2D eigenvalue weighted by atomic mass is 32.2. The van der Waals surface area contributed by atoms with E-state index in [1.807, 2.05) is 0 Å². The lowest BCUT2D eigenvalue weighted by atomic mass is 10.2. The SMILES string of the molecule is CS(=O)(=O)N(Cc1ccncc1)Cc1ccccc1F. The quantitative estimate of drug-likeness (QED) is 0.849. The van der Waals surface area contributed by atoms with Crippen molar-refractivity contribution < 1.29 is 12.8 Å². The predicted octanol–water partition coefficient (Wildman–Crippen LogP) is 2.18. The number of pyridine rings is 1. The number of rotatable bonds is 5. The molecule has 2 aromatic rings. The smallest absolute Gasteiger partial charge is 0.211 e.